The number of nitrogens with one attached hydrogen (secondary N) is 2. The molecular weight excluding hydrogens is 402 g/mol. The average Bonchev–Trinajstić information content (AvgIpc) is 3.13. The van der Waals surface area contributed by atoms with Crippen LogP contribution in [-0.2, 0) is 11.8 Å². The Labute approximate surface area is 179 Å². The van der Waals surface area contributed by atoms with Crippen molar-refractivity contribution in [3.8, 4) is 17.1 Å². The first-order valence-corrected chi connectivity index (χ1v) is 10.3. The normalized spacial score (nSPS) is 10.5. The van der Waals surface area contributed by atoms with Gasteiger partial charge in [-0.05, 0) is 49.4 Å². The van der Waals surface area contributed by atoms with Gasteiger partial charge in [-0.25, -0.2) is 0 Å². The number of hydrogen-bond acceptors (Lipinski definition) is 6. The van der Waals surface area contributed by atoms with Crippen LogP contribution in [0.1, 0.15) is 17.3 Å². The lowest BCUT2D eigenvalue weighted by Gasteiger charge is -2.08. The van der Waals surface area contributed by atoms with Gasteiger partial charge in [0.15, 0.2) is 11.0 Å². The Morgan fingerprint density at radius 2 is 1.90 bits per heavy atom. The van der Waals surface area contributed by atoms with Gasteiger partial charge in [0.05, 0.1) is 12.9 Å². The Hall–Kier alpha value is -3.33. The number of benzene rings is 2. The molecule has 0 spiro atoms. The summed E-state index contributed by atoms with van der Waals surface area (Å²) >= 11 is 1.29. The van der Waals surface area contributed by atoms with Crippen LogP contribution in [-0.4, -0.2) is 46.0 Å². The lowest BCUT2D eigenvalue weighted by atomic mass is 10.2. The molecule has 0 aliphatic heterocycles. The van der Waals surface area contributed by atoms with Gasteiger partial charge in [-0.15, -0.1) is 10.2 Å². The lowest BCUT2D eigenvalue weighted by molar-refractivity contribution is -0.113. The predicted molar refractivity (Wildman–Crippen MR) is 117 cm³/mol. The highest BCUT2D eigenvalue weighted by atomic mass is 32.2. The molecule has 0 unspecified atom stereocenters. The first-order valence-electron chi connectivity index (χ1n) is 9.36. The van der Waals surface area contributed by atoms with Gasteiger partial charge in [-0.3, -0.25) is 9.59 Å². The number of rotatable bonds is 8. The molecule has 2 aromatic carbocycles. The molecule has 156 valence electrons. The second-order valence-corrected chi connectivity index (χ2v) is 7.31. The highest BCUT2D eigenvalue weighted by Crippen LogP contribution is 2.24. The van der Waals surface area contributed by atoms with Crippen LogP contribution in [0.15, 0.2) is 53.7 Å². The number of nitrogens with zero attached hydrogens (tertiary/aromatic N) is 3. The Bertz CT molecular complexity index is 1030. The van der Waals surface area contributed by atoms with Gasteiger partial charge in [0.1, 0.15) is 5.75 Å². The molecule has 8 nitrogen and oxygen atoms in total. The molecule has 1 aromatic heterocycles. The molecule has 0 aliphatic rings. The lowest BCUT2D eigenvalue weighted by Crippen LogP contribution is -2.23. The Balaban J connectivity index is 1.61. The van der Waals surface area contributed by atoms with Crippen molar-refractivity contribution in [2.75, 3.05) is 24.7 Å². The third-order valence-electron chi connectivity index (χ3n) is 4.26. The molecule has 0 bridgehead atoms. The van der Waals surface area contributed by atoms with Crippen LogP contribution >= 0.6 is 11.8 Å². The van der Waals surface area contributed by atoms with E-state index >= 15 is 0 Å². The van der Waals surface area contributed by atoms with Gasteiger partial charge < -0.3 is 19.9 Å². The third kappa shape index (κ3) is 5.18. The zero-order chi connectivity index (χ0) is 21.5. The van der Waals surface area contributed by atoms with Gasteiger partial charge in [-0.1, -0.05) is 17.8 Å². The van der Waals surface area contributed by atoms with Crippen molar-refractivity contribution in [3.05, 3.63) is 54.1 Å². The maximum absolute atomic E-state index is 12.3. The Morgan fingerprint density at radius 3 is 2.60 bits per heavy atom. The number of anilines is 1. The maximum Gasteiger partial charge on any atom is 0.251 e. The van der Waals surface area contributed by atoms with E-state index in [9.17, 15) is 9.59 Å². The van der Waals surface area contributed by atoms with Crippen molar-refractivity contribution in [1.82, 2.24) is 20.1 Å². The van der Waals surface area contributed by atoms with Crippen LogP contribution in [0, 0.1) is 0 Å². The third-order valence-corrected chi connectivity index (χ3v) is 5.28. The quantitative estimate of drug-likeness (QED) is 0.539. The van der Waals surface area contributed by atoms with Crippen molar-refractivity contribution < 1.29 is 14.3 Å². The summed E-state index contributed by atoms with van der Waals surface area (Å²) in [4.78, 5) is 24.3. The molecule has 0 fully saturated rings. The number of carbonyl (C=O) groups excluding carboxylic acids is 2. The summed E-state index contributed by atoms with van der Waals surface area (Å²) < 4.78 is 7.02. The number of methoxy groups -OCH3 is 1. The summed E-state index contributed by atoms with van der Waals surface area (Å²) in [5.41, 5.74) is 1.98. The van der Waals surface area contributed by atoms with Crippen molar-refractivity contribution in [1.29, 1.82) is 0 Å². The molecule has 0 atom stereocenters. The molecule has 0 aliphatic carbocycles. The Morgan fingerprint density at radius 1 is 1.13 bits per heavy atom. The maximum atomic E-state index is 12.3. The van der Waals surface area contributed by atoms with E-state index in [0.29, 0.717) is 28.8 Å². The molecule has 1 heterocycles. The number of amides is 2. The fraction of sp³-hybridized carbons (Fsp3) is 0.238. The largest absolute Gasteiger partial charge is 0.497 e. The highest BCUT2D eigenvalue weighted by molar-refractivity contribution is 7.99. The van der Waals surface area contributed by atoms with Crippen LogP contribution in [0.2, 0.25) is 0 Å². The SMILES string of the molecule is CCNC(=O)c1cccc(NC(=O)CSc2nnc(-c3ccc(OC)cc3)n2C)c1. The molecule has 30 heavy (non-hydrogen) atoms. The van der Waals surface area contributed by atoms with E-state index in [4.69, 9.17) is 4.74 Å². The van der Waals surface area contributed by atoms with Gasteiger partial charge >= 0.3 is 0 Å². The molecule has 0 radical (unpaired) electrons. The van der Waals surface area contributed by atoms with E-state index in [0.717, 1.165) is 11.3 Å². The van der Waals surface area contributed by atoms with Crippen molar-refractivity contribution in [2.45, 2.75) is 12.1 Å². The molecule has 9 heteroatoms. The molecule has 2 amide bonds. The number of hydrogen-bond donors (Lipinski definition) is 2. The minimum absolute atomic E-state index is 0.167. The first-order chi connectivity index (χ1) is 14.5. The summed E-state index contributed by atoms with van der Waals surface area (Å²) in [5, 5.41) is 14.6. The first kappa shape index (κ1) is 21.4. The molecule has 3 aromatic rings. The van der Waals surface area contributed by atoms with Gasteiger partial charge in [0.25, 0.3) is 5.91 Å². The van der Waals surface area contributed by atoms with E-state index in [1.807, 2.05) is 42.8 Å². The fourth-order valence-corrected chi connectivity index (χ4v) is 3.47. The highest BCUT2D eigenvalue weighted by Gasteiger charge is 2.14. The van der Waals surface area contributed by atoms with Crippen LogP contribution < -0.4 is 15.4 Å². The van der Waals surface area contributed by atoms with E-state index in [1.165, 1.54) is 11.8 Å². The Kier molecular flexibility index (Phi) is 7.08. The smallest absolute Gasteiger partial charge is 0.251 e. The topological polar surface area (TPSA) is 98.1 Å². The van der Waals surface area contributed by atoms with Crippen LogP contribution in [0.4, 0.5) is 5.69 Å². The monoisotopic (exact) mass is 425 g/mol. The van der Waals surface area contributed by atoms with E-state index in [2.05, 4.69) is 20.8 Å². The zero-order valence-corrected chi connectivity index (χ0v) is 17.8. The summed E-state index contributed by atoms with van der Waals surface area (Å²) in [6, 6.07) is 14.4. The summed E-state index contributed by atoms with van der Waals surface area (Å²) in [7, 11) is 3.48. The van der Waals surface area contributed by atoms with E-state index in [-0.39, 0.29) is 17.6 Å². The minimum atomic E-state index is -0.193. The molecular formula is C21H23N5O3S. The molecule has 0 saturated carbocycles. The summed E-state index contributed by atoms with van der Waals surface area (Å²) in [5.74, 6) is 1.27. The zero-order valence-electron chi connectivity index (χ0n) is 17.0. The summed E-state index contributed by atoms with van der Waals surface area (Å²) in [6.45, 7) is 2.40. The average molecular weight is 426 g/mol. The molecule has 0 saturated heterocycles. The van der Waals surface area contributed by atoms with Crippen LogP contribution in [0.25, 0.3) is 11.4 Å². The van der Waals surface area contributed by atoms with E-state index < -0.39 is 0 Å². The van der Waals surface area contributed by atoms with Gasteiger partial charge in [0, 0.05) is 30.4 Å². The molecule has 3 rings (SSSR count). The van der Waals surface area contributed by atoms with Crippen LogP contribution in [0.3, 0.4) is 0 Å². The van der Waals surface area contributed by atoms with Gasteiger partial charge in [-0.2, -0.15) is 0 Å². The van der Waals surface area contributed by atoms with Gasteiger partial charge in [0.2, 0.25) is 5.91 Å². The van der Waals surface area contributed by atoms with Crippen molar-refractivity contribution in [2.24, 2.45) is 7.05 Å². The number of aromatic nitrogens is 3. The standard InChI is InChI=1S/C21H23N5O3S/c1-4-22-20(28)15-6-5-7-16(12-15)23-18(27)13-30-21-25-24-19(26(21)2)14-8-10-17(29-3)11-9-14/h5-12H,4,13H2,1-3H3,(H,22,28)(H,23,27). The predicted octanol–water partition coefficient (Wildman–Crippen LogP) is 2.97. The summed E-state index contributed by atoms with van der Waals surface area (Å²) in [6.07, 6.45) is 0. The molecule has 2 N–H and O–H groups in total. The number of carbonyl (C=O) groups is 2. The fourth-order valence-electron chi connectivity index (χ4n) is 2.76. The number of ether oxygens (including phenoxy) is 1. The minimum Gasteiger partial charge on any atom is -0.497 e. The van der Waals surface area contributed by atoms with Crippen molar-refractivity contribution >= 4 is 29.3 Å². The van der Waals surface area contributed by atoms with Crippen molar-refractivity contribution in [3.63, 3.8) is 0 Å². The van der Waals surface area contributed by atoms with E-state index in [1.54, 1.807) is 31.4 Å². The van der Waals surface area contributed by atoms with Crippen LogP contribution in [0.5, 0.6) is 5.75 Å². The second-order valence-electron chi connectivity index (χ2n) is 6.37. The second kappa shape index (κ2) is 9.93. The number of thioether (sulfide) groups is 1.